The molecule has 0 bridgehead atoms. The Bertz CT molecular complexity index is 2080. The van der Waals surface area contributed by atoms with Crippen LogP contribution < -0.4 is 5.32 Å². The summed E-state index contributed by atoms with van der Waals surface area (Å²) in [5.74, 6) is -1.15. The zero-order chi connectivity index (χ0) is 29.9. The first-order chi connectivity index (χ1) is 21.5. The van der Waals surface area contributed by atoms with Gasteiger partial charge in [0.1, 0.15) is 0 Å². The topological polar surface area (TPSA) is 86.8 Å². The summed E-state index contributed by atoms with van der Waals surface area (Å²) in [5.41, 5.74) is 2.22. The van der Waals surface area contributed by atoms with Crippen LogP contribution >= 0.6 is 0 Å². The Kier molecular flexibility index (Phi) is 6.03. The van der Waals surface area contributed by atoms with Crippen molar-refractivity contribution in [1.82, 2.24) is 15.1 Å². The molecule has 214 valence electrons. The molecule has 7 nitrogen and oxygen atoms in total. The van der Waals surface area contributed by atoms with E-state index >= 15 is 0 Å². The maximum absolute atomic E-state index is 13.7. The van der Waals surface area contributed by atoms with Gasteiger partial charge in [-0.2, -0.15) is 0 Å². The van der Waals surface area contributed by atoms with E-state index in [-0.39, 0.29) is 36.7 Å². The number of imide groups is 2. The molecule has 2 heterocycles. The van der Waals surface area contributed by atoms with Gasteiger partial charge in [0.25, 0.3) is 23.6 Å². The molecule has 0 saturated carbocycles. The highest BCUT2D eigenvalue weighted by Gasteiger charge is 2.35. The van der Waals surface area contributed by atoms with E-state index in [1.807, 2.05) is 84.9 Å². The monoisotopic (exact) mass is 577 g/mol. The summed E-state index contributed by atoms with van der Waals surface area (Å²) in [5, 5.41) is 10.1. The third-order valence-corrected chi connectivity index (χ3v) is 8.89. The van der Waals surface area contributed by atoms with Crippen LogP contribution in [-0.2, 0) is 0 Å². The summed E-state index contributed by atoms with van der Waals surface area (Å²) in [4.78, 5) is 56.9. The van der Waals surface area contributed by atoms with Crippen LogP contribution in [-0.4, -0.2) is 59.6 Å². The number of nitrogens with one attached hydrogen (secondary N) is 1. The first kappa shape index (κ1) is 26.2. The fraction of sp³-hybridized carbons (Fsp3) is 0.135. The molecule has 2 aliphatic heterocycles. The van der Waals surface area contributed by atoms with Crippen molar-refractivity contribution < 1.29 is 19.2 Å². The predicted molar refractivity (Wildman–Crippen MR) is 171 cm³/mol. The lowest BCUT2D eigenvalue weighted by atomic mass is 9.89. The van der Waals surface area contributed by atoms with Crippen molar-refractivity contribution in [2.75, 3.05) is 26.2 Å². The number of fused-ring (bicyclic) bond motifs is 4. The van der Waals surface area contributed by atoms with Crippen molar-refractivity contribution >= 4 is 66.7 Å². The van der Waals surface area contributed by atoms with Crippen LogP contribution in [0.15, 0.2) is 97.1 Å². The zero-order valence-electron chi connectivity index (χ0n) is 23.8. The van der Waals surface area contributed by atoms with Gasteiger partial charge in [0.05, 0.1) is 11.1 Å². The molecule has 0 aromatic heterocycles. The van der Waals surface area contributed by atoms with Crippen LogP contribution in [0.25, 0.3) is 43.1 Å². The Labute approximate surface area is 252 Å². The van der Waals surface area contributed by atoms with E-state index in [0.29, 0.717) is 47.2 Å². The maximum atomic E-state index is 13.7. The summed E-state index contributed by atoms with van der Waals surface area (Å²) < 4.78 is 0. The molecule has 0 spiro atoms. The minimum Gasteiger partial charge on any atom is -0.315 e. The van der Waals surface area contributed by atoms with Crippen molar-refractivity contribution in [2.24, 2.45) is 0 Å². The van der Waals surface area contributed by atoms with Gasteiger partial charge in [0.15, 0.2) is 0 Å². The quantitative estimate of drug-likeness (QED) is 0.139. The van der Waals surface area contributed by atoms with E-state index in [9.17, 15) is 19.2 Å². The van der Waals surface area contributed by atoms with Crippen LogP contribution in [0.1, 0.15) is 47.9 Å². The molecule has 1 N–H and O–H groups in total. The number of hydrogen-bond acceptors (Lipinski definition) is 5. The largest absolute Gasteiger partial charge is 0.315 e. The van der Waals surface area contributed by atoms with Crippen molar-refractivity contribution in [2.45, 2.75) is 6.42 Å². The van der Waals surface area contributed by atoms with E-state index in [4.69, 9.17) is 0 Å². The molecule has 2 aliphatic rings. The normalized spacial score (nSPS) is 14.5. The van der Waals surface area contributed by atoms with Crippen LogP contribution in [0.4, 0.5) is 0 Å². The second-order valence-corrected chi connectivity index (χ2v) is 11.4. The third kappa shape index (κ3) is 3.86. The number of amides is 4. The van der Waals surface area contributed by atoms with Gasteiger partial charge in [-0.1, -0.05) is 72.8 Å². The van der Waals surface area contributed by atoms with E-state index in [1.165, 1.54) is 9.80 Å². The number of nitrogens with zero attached hydrogens (tertiary/aromatic N) is 2. The first-order valence-corrected chi connectivity index (χ1v) is 14.8. The van der Waals surface area contributed by atoms with Crippen molar-refractivity contribution in [1.29, 1.82) is 0 Å². The molecule has 0 saturated heterocycles. The highest BCUT2D eigenvalue weighted by molar-refractivity contribution is 6.31. The lowest BCUT2D eigenvalue weighted by Gasteiger charge is -2.29. The average molecular weight is 578 g/mol. The summed E-state index contributed by atoms with van der Waals surface area (Å²) in [7, 11) is 0. The smallest absolute Gasteiger partial charge is 0.262 e. The highest BCUT2D eigenvalue weighted by atomic mass is 16.2. The Morgan fingerprint density at radius 1 is 0.477 bits per heavy atom. The molecule has 0 atom stereocenters. The molecule has 0 fully saturated rings. The molecular formula is C37H27N3O4. The van der Waals surface area contributed by atoms with E-state index in [1.54, 1.807) is 12.1 Å². The minimum absolute atomic E-state index is 0.208. The van der Waals surface area contributed by atoms with Crippen LogP contribution in [0, 0.1) is 0 Å². The molecule has 6 aromatic carbocycles. The molecule has 6 aromatic rings. The Morgan fingerprint density at radius 3 is 1.50 bits per heavy atom. The number of benzene rings is 6. The molecule has 0 unspecified atom stereocenters. The Balaban J connectivity index is 0.962. The summed E-state index contributed by atoms with van der Waals surface area (Å²) in [6, 6.07) is 30.7. The molecule has 7 heteroatoms. The lowest BCUT2D eigenvalue weighted by Crippen LogP contribution is -2.44. The van der Waals surface area contributed by atoms with Crippen LogP contribution in [0.5, 0.6) is 0 Å². The van der Waals surface area contributed by atoms with Gasteiger partial charge >= 0.3 is 0 Å². The molecule has 4 amide bonds. The standard InChI is InChI=1S/C37H27N3O4/c41-34-28-14-5-10-24-20-22-8-1-3-12-26(22)32(30(24)28)36(43)39(34)18-7-16-38-17-19-40-35(42)29-15-6-11-25-21-23-9-2-4-13-27(23)33(31(25)29)37(40)44/h1-6,8-15,20-21,38H,7,16-19H2. The molecule has 8 rings (SSSR count). The molecule has 0 radical (unpaired) electrons. The van der Waals surface area contributed by atoms with E-state index in [2.05, 4.69) is 5.32 Å². The lowest BCUT2D eigenvalue weighted by molar-refractivity contribution is 0.0591. The minimum atomic E-state index is -0.297. The second kappa shape index (κ2) is 10.1. The summed E-state index contributed by atoms with van der Waals surface area (Å²) in [6.45, 7) is 1.36. The number of rotatable bonds is 7. The first-order valence-electron chi connectivity index (χ1n) is 14.8. The zero-order valence-corrected chi connectivity index (χ0v) is 23.8. The van der Waals surface area contributed by atoms with Crippen molar-refractivity contribution in [3.8, 4) is 0 Å². The van der Waals surface area contributed by atoms with E-state index < -0.39 is 0 Å². The number of carbonyl (C=O) groups is 4. The van der Waals surface area contributed by atoms with Crippen LogP contribution in [0.2, 0.25) is 0 Å². The second-order valence-electron chi connectivity index (χ2n) is 11.4. The highest BCUT2D eigenvalue weighted by Crippen LogP contribution is 2.37. The average Bonchev–Trinajstić information content (AvgIpc) is 3.05. The van der Waals surface area contributed by atoms with Gasteiger partial charge in [-0.15, -0.1) is 0 Å². The summed E-state index contributed by atoms with van der Waals surface area (Å²) in [6.07, 6.45) is 0.530. The SMILES string of the molecule is O=C1c2cccc3cc4ccccc4c(c23)C(=O)N1CCCNCCN1C(=O)c2cccc3cc4ccccc4c(c23)C1=O. The predicted octanol–water partition coefficient (Wildman–Crippen LogP) is 6.17. The van der Waals surface area contributed by atoms with Crippen LogP contribution in [0.3, 0.4) is 0 Å². The molecular weight excluding hydrogens is 550 g/mol. The van der Waals surface area contributed by atoms with Gasteiger partial charge < -0.3 is 5.32 Å². The summed E-state index contributed by atoms with van der Waals surface area (Å²) >= 11 is 0. The van der Waals surface area contributed by atoms with Crippen molar-refractivity contribution in [3.05, 3.63) is 119 Å². The maximum Gasteiger partial charge on any atom is 0.262 e. The fourth-order valence-corrected chi connectivity index (χ4v) is 6.87. The van der Waals surface area contributed by atoms with E-state index in [0.717, 1.165) is 37.7 Å². The number of carbonyl (C=O) groups excluding carboxylic acids is 4. The van der Waals surface area contributed by atoms with Crippen molar-refractivity contribution in [3.63, 3.8) is 0 Å². The van der Waals surface area contributed by atoms with Gasteiger partial charge in [0.2, 0.25) is 0 Å². The van der Waals surface area contributed by atoms with Gasteiger partial charge in [-0.25, -0.2) is 0 Å². The van der Waals surface area contributed by atoms with Gasteiger partial charge in [-0.3, -0.25) is 29.0 Å². The molecule has 0 aliphatic carbocycles. The fourth-order valence-electron chi connectivity index (χ4n) is 6.87. The van der Waals surface area contributed by atoms with Gasteiger partial charge in [-0.05, 0) is 69.5 Å². The number of hydrogen-bond donors (Lipinski definition) is 1. The molecule has 44 heavy (non-hydrogen) atoms. The Morgan fingerprint density at radius 2 is 0.955 bits per heavy atom. The van der Waals surface area contributed by atoms with Gasteiger partial charge in [0, 0.05) is 41.5 Å². The third-order valence-electron chi connectivity index (χ3n) is 8.89. The Hall–Kier alpha value is -5.40.